The summed E-state index contributed by atoms with van der Waals surface area (Å²) < 4.78 is 26.2. The van der Waals surface area contributed by atoms with Crippen molar-refractivity contribution in [3.63, 3.8) is 0 Å². The summed E-state index contributed by atoms with van der Waals surface area (Å²) in [4.78, 5) is 0. The number of nitrogens with zero attached hydrogens (tertiary/aromatic N) is 1. The molecule has 1 saturated carbocycles. The monoisotopic (exact) mass is 250 g/mol. The molecule has 1 fully saturated rings. The summed E-state index contributed by atoms with van der Waals surface area (Å²) in [7, 11) is 0. The maximum absolute atomic E-state index is 13.1. The standard InChI is InChI=1S/C14H16F2N2/c1-9(11-5-12(15)7-13(16)6-11)18-14-4-2-3-10(14)8-17/h5-7,9-10,14,18H,2-4H2,1H3. The van der Waals surface area contributed by atoms with Crippen LogP contribution in [0.15, 0.2) is 18.2 Å². The smallest absolute Gasteiger partial charge is 0.126 e. The fourth-order valence-corrected chi connectivity index (χ4v) is 2.56. The number of hydrogen-bond donors (Lipinski definition) is 1. The molecule has 0 radical (unpaired) electrons. The molecule has 0 heterocycles. The first kappa shape index (κ1) is 13.0. The van der Waals surface area contributed by atoms with Gasteiger partial charge in [-0.2, -0.15) is 5.26 Å². The van der Waals surface area contributed by atoms with E-state index < -0.39 is 11.6 Å². The van der Waals surface area contributed by atoms with Crippen molar-refractivity contribution < 1.29 is 8.78 Å². The van der Waals surface area contributed by atoms with Gasteiger partial charge in [-0.25, -0.2) is 8.78 Å². The van der Waals surface area contributed by atoms with Crippen LogP contribution in [0.5, 0.6) is 0 Å². The molecule has 96 valence electrons. The van der Waals surface area contributed by atoms with E-state index in [1.807, 2.05) is 6.92 Å². The molecule has 18 heavy (non-hydrogen) atoms. The van der Waals surface area contributed by atoms with Gasteiger partial charge in [-0.3, -0.25) is 0 Å². The Balaban J connectivity index is 2.07. The van der Waals surface area contributed by atoms with Crippen LogP contribution in [0.3, 0.4) is 0 Å². The van der Waals surface area contributed by atoms with Gasteiger partial charge in [0.1, 0.15) is 11.6 Å². The Hall–Kier alpha value is -1.47. The Morgan fingerprint density at radius 3 is 2.56 bits per heavy atom. The highest BCUT2D eigenvalue weighted by Crippen LogP contribution is 2.27. The number of rotatable bonds is 3. The average molecular weight is 250 g/mol. The highest BCUT2D eigenvalue weighted by Gasteiger charge is 2.28. The minimum atomic E-state index is -0.568. The van der Waals surface area contributed by atoms with E-state index in [4.69, 9.17) is 5.26 Å². The van der Waals surface area contributed by atoms with Gasteiger partial charge in [0.15, 0.2) is 0 Å². The number of halogens is 2. The zero-order valence-corrected chi connectivity index (χ0v) is 10.3. The molecule has 1 aromatic rings. The van der Waals surface area contributed by atoms with E-state index in [0.717, 1.165) is 25.3 Å². The average Bonchev–Trinajstić information content (AvgIpc) is 2.75. The summed E-state index contributed by atoms with van der Waals surface area (Å²) in [5, 5.41) is 12.3. The van der Waals surface area contributed by atoms with E-state index >= 15 is 0 Å². The van der Waals surface area contributed by atoms with Crippen molar-refractivity contribution in [2.45, 2.75) is 38.3 Å². The van der Waals surface area contributed by atoms with Crippen LogP contribution < -0.4 is 5.32 Å². The first-order chi connectivity index (χ1) is 8.60. The Morgan fingerprint density at radius 1 is 1.28 bits per heavy atom. The normalized spacial score (nSPS) is 24.8. The molecule has 2 nitrogen and oxygen atoms in total. The third kappa shape index (κ3) is 2.85. The zero-order chi connectivity index (χ0) is 13.1. The molecule has 0 aromatic heterocycles. The second kappa shape index (κ2) is 5.45. The molecule has 0 amide bonds. The van der Waals surface area contributed by atoms with Gasteiger partial charge in [0, 0.05) is 18.2 Å². The van der Waals surface area contributed by atoms with Crippen LogP contribution in [0.4, 0.5) is 8.78 Å². The van der Waals surface area contributed by atoms with Crippen LogP contribution in [0, 0.1) is 28.9 Å². The predicted molar refractivity (Wildman–Crippen MR) is 64.7 cm³/mol. The lowest BCUT2D eigenvalue weighted by Crippen LogP contribution is -2.34. The highest BCUT2D eigenvalue weighted by molar-refractivity contribution is 5.21. The largest absolute Gasteiger partial charge is 0.306 e. The van der Waals surface area contributed by atoms with E-state index in [2.05, 4.69) is 11.4 Å². The van der Waals surface area contributed by atoms with E-state index in [-0.39, 0.29) is 18.0 Å². The van der Waals surface area contributed by atoms with Gasteiger partial charge in [0.05, 0.1) is 12.0 Å². The van der Waals surface area contributed by atoms with Crippen molar-refractivity contribution in [3.05, 3.63) is 35.4 Å². The molecule has 2 rings (SSSR count). The Kier molecular flexibility index (Phi) is 3.93. The molecule has 0 saturated heterocycles. The molecular weight excluding hydrogens is 234 g/mol. The molecule has 1 aromatic carbocycles. The van der Waals surface area contributed by atoms with E-state index in [1.54, 1.807) is 0 Å². The summed E-state index contributed by atoms with van der Waals surface area (Å²) in [5.41, 5.74) is 0.580. The molecule has 3 atom stereocenters. The van der Waals surface area contributed by atoms with Crippen LogP contribution in [-0.4, -0.2) is 6.04 Å². The Labute approximate surface area is 106 Å². The summed E-state index contributed by atoms with van der Waals surface area (Å²) in [6, 6.07) is 5.77. The van der Waals surface area contributed by atoms with Crippen LogP contribution in [-0.2, 0) is 0 Å². The third-order valence-electron chi connectivity index (χ3n) is 3.53. The summed E-state index contributed by atoms with van der Waals surface area (Å²) in [6.07, 6.45) is 2.87. The van der Waals surface area contributed by atoms with E-state index in [9.17, 15) is 8.78 Å². The van der Waals surface area contributed by atoms with Gasteiger partial charge >= 0.3 is 0 Å². The molecular formula is C14H16F2N2. The summed E-state index contributed by atoms with van der Waals surface area (Å²) in [5.74, 6) is -1.13. The van der Waals surface area contributed by atoms with Crippen molar-refractivity contribution in [2.24, 2.45) is 5.92 Å². The number of hydrogen-bond acceptors (Lipinski definition) is 2. The number of nitrogens with one attached hydrogen (secondary N) is 1. The Morgan fingerprint density at radius 2 is 1.94 bits per heavy atom. The topological polar surface area (TPSA) is 35.8 Å². The first-order valence-corrected chi connectivity index (χ1v) is 6.22. The van der Waals surface area contributed by atoms with Gasteiger partial charge < -0.3 is 5.32 Å². The van der Waals surface area contributed by atoms with Crippen LogP contribution >= 0.6 is 0 Å². The first-order valence-electron chi connectivity index (χ1n) is 6.22. The number of nitriles is 1. The summed E-state index contributed by atoms with van der Waals surface area (Å²) in [6.45, 7) is 1.86. The van der Waals surface area contributed by atoms with Gasteiger partial charge in [-0.05, 0) is 37.5 Å². The van der Waals surface area contributed by atoms with Crippen molar-refractivity contribution in [2.75, 3.05) is 0 Å². The molecule has 0 spiro atoms. The minimum absolute atomic E-state index is 0.00542. The maximum atomic E-state index is 13.1. The van der Waals surface area contributed by atoms with E-state index in [0.29, 0.717) is 5.56 Å². The SMILES string of the molecule is CC(NC1CCCC1C#N)c1cc(F)cc(F)c1. The molecule has 0 bridgehead atoms. The fraction of sp³-hybridized carbons (Fsp3) is 0.500. The Bertz CT molecular complexity index is 447. The minimum Gasteiger partial charge on any atom is -0.306 e. The number of benzene rings is 1. The quantitative estimate of drug-likeness (QED) is 0.893. The molecule has 1 aliphatic rings. The second-order valence-electron chi connectivity index (χ2n) is 4.86. The lowest BCUT2D eigenvalue weighted by molar-refractivity contribution is 0.415. The highest BCUT2D eigenvalue weighted by atomic mass is 19.1. The lowest BCUT2D eigenvalue weighted by atomic mass is 10.0. The van der Waals surface area contributed by atoms with Crippen molar-refractivity contribution in [3.8, 4) is 6.07 Å². The molecule has 1 N–H and O–H groups in total. The molecule has 0 aliphatic heterocycles. The second-order valence-corrected chi connectivity index (χ2v) is 4.86. The van der Waals surface area contributed by atoms with Gasteiger partial charge in [0.25, 0.3) is 0 Å². The van der Waals surface area contributed by atoms with Crippen molar-refractivity contribution >= 4 is 0 Å². The summed E-state index contributed by atoms with van der Waals surface area (Å²) >= 11 is 0. The third-order valence-corrected chi connectivity index (χ3v) is 3.53. The van der Waals surface area contributed by atoms with Crippen LogP contribution in [0.25, 0.3) is 0 Å². The van der Waals surface area contributed by atoms with Crippen LogP contribution in [0.2, 0.25) is 0 Å². The van der Waals surface area contributed by atoms with Gasteiger partial charge in [-0.1, -0.05) is 6.42 Å². The fourth-order valence-electron chi connectivity index (χ4n) is 2.56. The van der Waals surface area contributed by atoms with Crippen molar-refractivity contribution in [1.82, 2.24) is 5.32 Å². The lowest BCUT2D eigenvalue weighted by Gasteiger charge is -2.22. The molecule has 4 heteroatoms. The van der Waals surface area contributed by atoms with E-state index in [1.165, 1.54) is 12.1 Å². The van der Waals surface area contributed by atoms with Crippen molar-refractivity contribution in [1.29, 1.82) is 5.26 Å². The maximum Gasteiger partial charge on any atom is 0.126 e. The van der Waals surface area contributed by atoms with Gasteiger partial charge in [0.2, 0.25) is 0 Å². The molecule has 3 unspecified atom stereocenters. The zero-order valence-electron chi connectivity index (χ0n) is 10.3. The van der Waals surface area contributed by atoms with Gasteiger partial charge in [-0.15, -0.1) is 0 Å². The predicted octanol–water partition coefficient (Wildman–Crippen LogP) is 3.31. The van der Waals surface area contributed by atoms with Crippen LogP contribution in [0.1, 0.15) is 37.8 Å². The molecule has 1 aliphatic carbocycles.